The normalized spacial score (nSPS) is 13.8. The van der Waals surface area contributed by atoms with Gasteiger partial charge in [0.15, 0.2) is 0 Å². The molecule has 0 spiro atoms. The Hall–Kier alpha value is -2.73. The lowest BCUT2D eigenvalue weighted by Gasteiger charge is -2.34. The zero-order valence-corrected chi connectivity index (χ0v) is 17.1. The second kappa shape index (κ2) is 10.7. The lowest BCUT2D eigenvalue weighted by atomic mass is 10.1. The summed E-state index contributed by atoms with van der Waals surface area (Å²) in [5, 5.41) is 3.58. The molecule has 0 aliphatic carbocycles. The van der Waals surface area contributed by atoms with Crippen molar-refractivity contribution in [3.63, 3.8) is 0 Å². The molecule has 1 N–H and O–H groups in total. The van der Waals surface area contributed by atoms with Gasteiger partial charge in [-0.1, -0.05) is 41.9 Å². The van der Waals surface area contributed by atoms with Crippen molar-refractivity contribution in [2.75, 3.05) is 39.3 Å². The Kier molecular flexibility index (Phi) is 7.76. The SMILES string of the molecule is O=C(Cc1ccc(Cl)cc1)N1CCN(C(=O)NCCCOc2ccccc2)CC1. The maximum absolute atomic E-state index is 12.4. The summed E-state index contributed by atoms with van der Waals surface area (Å²) in [6.45, 7) is 3.30. The summed E-state index contributed by atoms with van der Waals surface area (Å²) in [6, 6.07) is 16.8. The van der Waals surface area contributed by atoms with E-state index in [0.29, 0.717) is 50.8 Å². The third-order valence-electron chi connectivity index (χ3n) is 4.80. The molecule has 0 aromatic heterocycles. The summed E-state index contributed by atoms with van der Waals surface area (Å²) in [4.78, 5) is 28.3. The zero-order valence-electron chi connectivity index (χ0n) is 16.4. The Balaban J connectivity index is 1.31. The van der Waals surface area contributed by atoms with Gasteiger partial charge in [-0.05, 0) is 36.2 Å². The van der Waals surface area contributed by atoms with Crippen molar-refractivity contribution in [2.45, 2.75) is 12.8 Å². The van der Waals surface area contributed by atoms with Crippen molar-refractivity contribution >= 4 is 23.5 Å². The molecule has 1 aliphatic rings. The smallest absolute Gasteiger partial charge is 0.317 e. The lowest BCUT2D eigenvalue weighted by molar-refractivity contribution is -0.131. The van der Waals surface area contributed by atoms with Crippen LogP contribution >= 0.6 is 11.6 Å². The first-order chi connectivity index (χ1) is 14.1. The molecule has 1 saturated heterocycles. The van der Waals surface area contributed by atoms with Gasteiger partial charge in [0.25, 0.3) is 0 Å². The van der Waals surface area contributed by atoms with E-state index < -0.39 is 0 Å². The molecule has 29 heavy (non-hydrogen) atoms. The number of para-hydroxylation sites is 1. The van der Waals surface area contributed by atoms with Crippen LogP contribution in [0, 0.1) is 0 Å². The van der Waals surface area contributed by atoms with Crippen LogP contribution in [0.5, 0.6) is 5.75 Å². The van der Waals surface area contributed by atoms with Crippen LogP contribution in [0.25, 0.3) is 0 Å². The molecule has 0 unspecified atom stereocenters. The molecule has 7 heteroatoms. The number of carbonyl (C=O) groups is 2. The Bertz CT molecular complexity index is 791. The van der Waals surface area contributed by atoms with Crippen molar-refractivity contribution in [1.29, 1.82) is 0 Å². The number of nitrogens with one attached hydrogen (secondary N) is 1. The number of ether oxygens (including phenoxy) is 1. The summed E-state index contributed by atoms with van der Waals surface area (Å²) in [5.74, 6) is 0.906. The predicted octanol–water partition coefficient (Wildman–Crippen LogP) is 3.21. The third kappa shape index (κ3) is 6.68. The molecule has 6 nitrogen and oxygen atoms in total. The predicted molar refractivity (Wildman–Crippen MR) is 113 cm³/mol. The molecule has 3 rings (SSSR count). The van der Waals surface area contributed by atoms with Gasteiger partial charge in [0, 0.05) is 37.7 Å². The third-order valence-corrected chi connectivity index (χ3v) is 5.05. The molecule has 0 atom stereocenters. The summed E-state index contributed by atoms with van der Waals surface area (Å²) < 4.78 is 5.61. The molecule has 154 valence electrons. The molecule has 0 radical (unpaired) electrons. The van der Waals surface area contributed by atoms with E-state index in [1.165, 1.54) is 0 Å². The van der Waals surface area contributed by atoms with Gasteiger partial charge in [0.1, 0.15) is 5.75 Å². The highest BCUT2D eigenvalue weighted by atomic mass is 35.5. The summed E-state index contributed by atoms with van der Waals surface area (Å²) in [6.07, 6.45) is 1.09. The first kappa shape index (κ1) is 21.0. The second-order valence-corrected chi connectivity index (χ2v) is 7.35. The lowest BCUT2D eigenvalue weighted by Crippen LogP contribution is -2.53. The highest BCUT2D eigenvalue weighted by molar-refractivity contribution is 6.30. The Morgan fingerprint density at radius 3 is 2.28 bits per heavy atom. The van der Waals surface area contributed by atoms with Crippen LogP contribution in [0.15, 0.2) is 54.6 Å². The number of urea groups is 1. The molecular weight excluding hydrogens is 390 g/mol. The average molecular weight is 416 g/mol. The first-order valence-corrected chi connectivity index (χ1v) is 10.2. The number of amides is 3. The van der Waals surface area contributed by atoms with E-state index in [1.54, 1.807) is 17.0 Å². The highest BCUT2D eigenvalue weighted by Gasteiger charge is 2.23. The maximum atomic E-state index is 12.4. The molecule has 2 aromatic rings. The number of hydrogen-bond acceptors (Lipinski definition) is 3. The Morgan fingerprint density at radius 1 is 0.931 bits per heavy atom. The van der Waals surface area contributed by atoms with E-state index in [9.17, 15) is 9.59 Å². The van der Waals surface area contributed by atoms with E-state index in [0.717, 1.165) is 17.7 Å². The van der Waals surface area contributed by atoms with Crippen LogP contribution in [-0.2, 0) is 11.2 Å². The van der Waals surface area contributed by atoms with Crippen LogP contribution in [0.4, 0.5) is 4.79 Å². The second-order valence-electron chi connectivity index (χ2n) is 6.92. The number of carbonyl (C=O) groups excluding carboxylic acids is 2. The number of rotatable bonds is 7. The van der Waals surface area contributed by atoms with E-state index in [1.807, 2.05) is 47.4 Å². The molecule has 1 heterocycles. The fourth-order valence-corrected chi connectivity index (χ4v) is 3.26. The topological polar surface area (TPSA) is 61.9 Å². The number of piperazine rings is 1. The largest absolute Gasteiger partial charge is 0.494 e. The van der Waals surface area contributed by atoms with Gasteiger partial charge in [-0.25, -0.2) is 4.79 Å². The summed E-state index contributed by atoms with van der Waals surface area (Å²) in [7, 11) is 0. The molecule has 0 saturated carbocycles. The maximum Gasteiger partial charge on any atom is 0.317 e. The Labute approximate surface area is 176 Å². The number of hydrogen-bond donors (Lipinski definition) is 1. The van der Waals surface area contributed by atoms with Crippen LogP contribution in [-0.4, -0.2) is 61.1 Å². The summed E-state index contributed by atoms with van der Waals surface area (Å²) >= 11 is 5.88. The fourth-order valence-electron chi connectivity index (χ4n) is 3.13. The van der Waals surface area contributed by atoms with Crippen LogP contribution in [0.3, 0.4) is 0 Å². The molecule has 2 aromatic carbocycles. The van der Waals surface area contributed by atoms with E-state index in [4.69, 9.17) is 16.3 Å². The van der Waals surface area contributed by atoms with Crippen LogP contribution in [0.2, 0.25) is 5.02 Å². The van der Waals surface area contributed by atoms with Gasteiger partial charge < -0.3 is 19.9 Å². The molecular formula is C22H26ClN3O3. The number of nitrogens with zero attached hydrogens (tertiary/aromatic N) is 2. The van der Waals surface area contributed by atoms with Crippen molar-refractivity contribution in [3.05, 3.63) is 65.2 Å². The van der Waals surface area contributed by atoms with E-state index in [2.05, 4.69) is 5.32 Å². The van der Waals surface area contributed by atoms with Gasteiger partial charge in [0.2, 0.25) is 5.91 Å². The van der Waals surface area contributed by atoms with E-state index in [-0.39, 0.29) is 11.9 Å². The first-order valence-electron chi connectivity index (χ1n) is 9.84. The van der Waals surface area contributed by atoms with Gasteiger partial charge in [-0.2, -0.15) is 0 Å². The monoisotopic (exact) mass is 415 g/mol. The van der Waals surface area contributed by atoms with Gasteiger partial charge in [0.05, 0.1) is 13.0 Å². The molecule has 1 aliphatic heterocycles. The number of benzene rings is 2. The van der Waals surface area contributed by atoms with Gasteiger partial charge in [-0.15, -0.1) is 0 Å². The van der Waals surface area contributed by atoms with Crippen molar-refractivity contribution in [3.8, 4) is 5.75 Å². The van der Waals surface area contributed by atoms with Crippen molar-refractivity contribution in [2.24, 2.45) is 0 Å². The van der Waals surface area contributed by atoms with Crippen LogP contribution < -0.4 is 10.1 Å². The quantitative estimate of drug-likeness (QED) is 0.706. The zero-order chi connectivity index (χ0) is 20.5. The minimum Gasteiger partial charge on any atom is -0.494 e. The minimum atomic E-state index is -0.0884. The number of halogens is 1. The minimum absolute atomic E-state index is 0.0745. The fraction of sp³-hybridized carbons (Fsp3) is 0.364. The molecule has 0 bridgehead atoms. The molecule has 1 fully saturated rings. The highest BCUT2D eigenvalue weighted by Crippen LogP contribution is 2.12. The molecule has 3 amide bonds. The average Bonchev–Trinajstić information content (AvgIpc) is 2.76. The van der Waals surface area contributed by atoms with Crippen molar-refractivity contribution < 1.29 is 14.3 Å². The van der Waals surface area contributed by atoms with Crippen LogP contribution in [0.1, 0.15) is 12.0 Å². The van der Waals surface area contributed by atoms with Gasteiger partial charge in [-0.3, -0.25) is 4.79 Å². The van der Waals surface area contributed by atoms with Gasteiger partial charge >= 0.3 is 6.03 Å². The van der Waals surface area contributed by atoms with E-state index >= 15 is 0 Å². The summed E-state index contributed by atoms with van der Waals surface area (Å²) in [5.41, 5.74) is 0.942. The standard InChI is InChI=1S/C22H26ClN3O3/c23-19-9-7-18(8-10-19)17-21(27)25-12-14-26(15-13-25)22(28)24-11-4-16-29-20-5-2-1-3-6-20/h1-3,5-10H,4,11-17H2,(H,24,28). The Morgan fingerprint density at radius 2 is 1.59 bits per heavy atom. The van der Waals surface area contributed by atoms with Crippen molar-refractivity contribution in [1.82, 2.24) is 15.1 Å².